The summed E-state index contributed by atoms with van der Waals surface area (Å²) in [5.41, 5.74) is 2.72. The molecular formula is C21H22O5. The molecule has 2 aromatic rings. The van der Waals surface area contributed by atoms with Crippen LogP contribution in [-0.2, 0) is 9.53 Å². The van der Waals surface area contributed by atoms with Gasteiger partial charge in [0.1, 0.15) is 12.4 Å². The molecule has 26 heavy (non-hydrogen) atoms. The molecule has 0 aromatic heterocycles. The van der Waals surface area contributed by atoms with Gasteiger partial charge >= 0.3 is 0 Å². The molecule has 0 aliphatic rings. The van der Waals surface area contributed by atoms with Gasteiger partial charge in [0, 0.05) is 0 Å². The van der Waals surface area contributed by atoms with Crippen LogP contribution in [0.2, 0.25) is 0 Å². The third-order valence-electron chi connectivity index (χ3n) is 3.68. The molecule has 0 unspecified atom stereocenters. The molecule has 0 saturated heterocycles. The maximum absolute atomic E-state index is 11.8. The molecular weight excluding hydrogens is 332 g/mol. The van der Waals surface area contributed by atoms with Gasteiger partial charge < -0.3 is 19.3 Å². The number of benzene rings is 2. The normalized spacial score (nSPS) is 11.0. The van der Waals surface area contributed by atoms with E-state index >= 15 is 0 Å². The summed E-state index contributed by atoms with van der Waals surface area (Å²) in [6.45, 7) is 1.91. The average Bonchev–Trinajstić information content (AvgIpc) is 2.65. The molecule has 5 nitrogen and oxygen atoms in total. The predicted octanol–water partition coefficient (Wildman–Crippen LogP) is 3.99. The van der Waals surface area contributed by atoms with E-state index in [1.54, 1.807) is 31.4 Å². The summed E-state index contributed by atoms with van der Waals surface area (Å²) in [6.07, 6.45) is 6.32. The second kappa shape index (κ2) is 9.32. The first-order valence-corrected chi connectivity index (χ1v) is 8.04. The van der Waals surface area contributed by atoms with Crippen molar-refractivity contribution < 1.29 is 24.1 Å². The molecule has 2 rings (SSSR count). The number of carbonyl (C=O) groups is 1. The van der Waals surface area contributed by atoms with E-state index in [4.69, 9.17) is 14.2 Å². The van der Waals surface area contributed by atoms with Crippen LogP contribution in [0.15, 0.2) is 48.7 Å². The maximum atomic E-state index is 11.8. The van der Waals surface area contributed by atoms with E-state index < -0.39 is 0 Å². The topological polar surface area (TPSA) is 65.0 Å². The van der Waals surface area contributed by atoms with E-state index in [1.807, 2.05) is 25.1 Å². The van der Waals surface area contributed by atoms with Gasteiger partial charge in [0.05, 0.1) is 20.5 Å². The van der Waals surface area contributed by atoms with Crippen molar-refractivity contribution in [1.82, 2.24) is 0 Å². The Morgan fingerprint density at radius 2 is 1.65 bits per heavy atom. The van der Waals surface area contributed by atoms with Crippen LogP contribution in [0.25, 0.3) is 12.2 Å². The van der Waals surface area contributed by atoms with Crippen LogP contribution in [0.5, 0.6) is 17.2 Å². The lowest BCUT2D eigenvalue weighted by molar-refractivity contribution is -0.117. The zero-order valence-corrected chi connectivity index (χ0v) is 15.1. The molecule has 0 atom stereocenters. The van der Waals surface area contributed by atoms with Gasteiger partial charge in [0.15, 0.2) is 17.3 Å². The van der Waals surface area contributed by atoms with E-state index in [9.17, 15) is 9.90 Å². The third kappa shape index (κ3) is 5.41. The highest BCUT2D eigenvalue weighted by atomic mass is 16.5. The summed E-state index contributed by atoms with van der Waals surface area (Å²) >= 11 is 0. The molecule has 0 aliphatic heterocycles. The zero-order valence-electron chi connectivity index (χ0n) is 15.1. The van der Waals surface area contributed by atoms with Crippen molar-refractivity contribution >= 4 is 17.9 Å². The Kier molecular flexibility index (Phi) is 6.85. The number of hydrogen-bond acceptors (Lipinski definition) is 5. The number of hydrogen-bond donors (Lipinski definition) is 1. The summed E-state index contributed by atoms with van der Waals surface area (Å²) in [5, 5.41) is 9.55. The second-order valence-corrected chi connectivity index (χ2v) is 5.57. The highest BCUT2D eigenvalue weighted by molar-refractivity contribution is 5.94. The number of methoxy groups -OCH3 is 2. The van der Waals surface area contributed by atoms with Crippen molar-refractivity contribution in [2.45, 2.75) is 6.92 Å². The number of rotatable bonds is 8. The number of ketones is 1. The molecule has 5 heteroatoms. The Hall–Kier alpha value is -3.21. The van der Waals surface area contributed by atoms with Gasteiger partial charge in [-0.15, -0.1) is 0 Å². The van der Waals surface area contributed by atoms with E-state index in [-0.39, 0.29) is 18.1 Å². The summed E-state index contributed by atoms with van der Waals surface area (Å²) in [7, 11) is 3.10. The van der Waals surface area contributed by atoms with Gasteiger partial charge in [-0.2, -0.15) is 0 Å². The summed E-state index contributed by atoms with van der Waals surface area (Å²) in [6, 6.07) is 10.6. The molecule has 0 aliphatic carbocycles. The smallest absolute Gasteiger partial charge is 0.193 e. The molecule has 0 saturated carbocycles. The molecule has 0 spiro atoms. The van der Waals surface area contributed by atoms with Crippen LogP contribution < -0.4 is 9.47 Å². The lowest BCUT2D eigenvalue weighted by Crippen LogP contribution is -2.01. The van der Waals surface area contributed by atoms with E-state index in [1.165, 1.54) is 25.5 Å². The lowest BCUT2D eigenvalue weighted by atomic mass is 10.1. The van der Waals surface area contributed by atoms with Crippen LogP contribution in [0.1, 0.15) is 16.7 Å². The SMILES string of the molecule is COc1cc(C=COCC(=O)C=Cc2ccc(O)c(OC)c2)ccc1C. The van der Waals surface area contributed by atoms with Crippen LogP contribution >= 0.6 is 0 Å². The van der Waals surface area contributed by atoms with Gasteiger partial charge in [-0.25, -0.2) is 0 Å². The quantitative estimate of drug-likeness (QED) is 0.574. The largest absolute Gasteiger partial charge is 0.504 e. The first-order valence-electron chi connectivity index (χ1n) is 8.04. The average molecular weight is 354 g/mol. The molecule has 0 fully saturated rings. The summed E-state index contributed by atoms with van der Waals surface area (Å²) < 4.78 is 15.6. The Balaban J connectivity index is 1.87. The molecule has 0 amide bonds. The number of ether oxygens (including phenoxy) is 3. The Labute approximate surface area is 153 Å². The summed E-state index contributed by atoms with van der Waals surface area (Å²) in [5.74, 6) is 1.03. The highest BCUT2D eigenvalue weighted by Crippen LogP contribution is 2.26. The van der Waals surface area contributed by atoms with Gasteiger partial charge in [-0.05, 0) is 54.0 Å². The minimum absolute atomic E-state index is 0.0529. The Morgan fingerprint density at radius 3 is 2.38 bits per heavy atom. The third-order valence-corrected chi connectivity index (χ3v) is 3.68. The minimum Gasteiger partial charge on any atom is -0.504 e. The van der Waals surface area contributed by atoms with Gasteiger partial charge in [0.25, 0.3) is 0 Å². The number of phenolic OH excluding ortho intramolecular Hbond substituents is 1. The summed E-state index contributed by atoms with van der Waals surface area (Å²) in [4.78, 5) is 11.8. The number of phenols is 1. The van der Waals surface area contributed by atoms with Gasteiger partial charge in [-0.3, -0.25) is 4.79 Å². The van der Waals surface area contributed by atoms with Gasteiger partial charge in [-0.1, -0.05) is 24.3 Å². The fraction of sp³-hybridized carbons (Fsp3) is 0.190. The lowest BCUT2D eigenvalue weighted by Gasteiger charge is -2.05. The van der Waals surface area contributed by atoms with E-state index in [0.29, 0.717) is 5.75 Å². The molecule has 0 bridgehead atoms. The first-order chi connectivity index (χ1) is 12.5. The molecule has 0 radical (unpaired) electrons. The maximum Gasteiger partial charge on any atom is 0.193 e. The van der Waals surface area contributed by atoms with Gasteiger partial charge in [0.2, 0.25) is 0 Å². The molecule has 2 aromatic carbocycles. The second-order valence-electron chi connectivity index (χ2n) is 5.57. The van der Waals surface area contributed by atoms with Crippen molar-refractivity contribution in [1.29, 1.82) is 0 Å². The predicted molar refractivity (Wildman–Crippen MR) is 101 cm³/mol. The van der Waals surface area contributed by atoms with Crippen LogP contribution in [0.3, 0.4) is 0 Å². The molecule has 136 valence electrons. The zero-order chi connectivity index (χ0) is 18.9. The van der Waals surface area contributed by atoms with Crippen molar-refractivity contribution in [2.24, 2.45) is 0 Å². The standard InChI is InChI=1S/C21H22O5/c1-15-4-5-17(12-20(15)24-2)10-11-26-14-18(22)8-6-16-7-9-19(23)21(13-16)25-3/h4-13,23H,14H2,1-3H3. The van der Waals surface area contributed by atoms with Crippen molar-refractivity contribution in [3.05, 3.63) is 65.4 Å². The van der Waals surface area contributed by atoms with Crippen LogP contribution in [0, 0.1) is 6.92 Å². The van der Waals surface area contributed by atoms with E-state index in [0.717, 1.165) is 22.4 Å². The Bertz CT molecular complexity index is 821. The molecule has 1 N–H and O–H groups in total. The Morgan fingerprint density at radius 1 is 1.00 bits per heavy atom. The van der Waals surface area contributed by atoms with Crippen LogP contribution in [-0.4, -0.2) is 31.7 Å². The van der Waals surface area contributed by atoms with E-state index in [2.05, 4.69) is 0 Å². The number of aryl methyl sites for hydroxylation is 1. The van der Waals surface area contributed by atoms with Crippen molar-refractivity contribution in [3.63, 3.8) is 0 Å². The fourth-order valence-corrected chi connectivity index (χ4v) is 2.23. The number of aromatic hydroxyl groups is 1. The first kappa shape index (κ1) is 19.1. The fourth-order valence-electron chi connectivity index (χ4n) is 2.23. The van der Waals surface area contributed by atoms with Crippen molar-refractivity contribution in [2.75, 3.05) is 20.8 Å². The monoisotopic (exact) mass is 354 g/mol. The number of carbonyl (C=O) groups excluding carboxylic acids is 1. The van der Waals surface area contributed by atoms with Crippen molar-refractivity contribution in [3.8, 4) is 17.2 Å². The van der Waals surface area contributed by atoms with Crippen LogP contribution in [0.4, 0.5) is 0 Å². The minimum atomic E-state index is -0.178. The molecule has 0 heterocycles. The highest BCUT2D eigenvalue weighted by Gasteiger charge is 2.02.